The van der Waals surface area contributed by atoms with E-state index in [2.05, 4.69) is 34.2 Å². The second-order valence-electron chi connectivity index (χ2n) is 5.05. The summed E-state index contributed by atoms with van der Waals surface area (Å²) in [6, 6.07) is 3.83. The minimum absolute atomic E-state index is 0.0133. The van der Waals surface area contributed by atoms with E-state index in [1.165, 1.54) is 11.8 Å². The summed E-state index contributed by atoms with van der Waals surface area (Å²) in [5.41, 5.74) is 0.886. The number of rotatable bonds is 7. The number of nitrogens with zero attached hydrogens (tertiary/aromatic N) is 2. The monoisotopic (exact) mass is 472 g/mol. The summed E-state index contributed by atoms with van der Waals surface area (Å²) in [7, 11) is 1.60. The van der Waals surface area contributed by atoms with Gasteiger partial charge in [-0.15, -0.1) is 0 Å². The van der Waals surface area contributed by atoms with Gasteiger partial charge < -0.3 is 9.47 Å². The van der Waals surface area contributed by atoms with Gasteiger partial charge in [0.05, 0.1) is 15.6 Å². The Labute approximate surface area is 166 Å². The number of benzene rings is 1. The lowest BCUT2D eigenvalue weighted by atomic mass is 10.2. The average molecular weight is 472 g/mol. The van der Waals surface area contributed by atoms with Crippen LogP contribution in [0.25, 0.3) is 6.08 Å². The Morgan fingerprint density at radius 1 is 1.40 bits per heavy atom. The molecule has 0 saturated carbocycles. The van der Waals surface area contributed by atoms with E-state index >= 15 is 0 Å². The van der Waals surface area contributed by atoms with Gasteiger partial charge in [-0.3, -0.25) is 14.7 Å². The van der Waals surface area contributed by atoms with Crippen LogP contribution in [0.5, 0.6) is 11.5 Å². The Hall–Kier alpha value is -1.48. The molecular weight excluding hydrogens is 451 g/mol. The summed E-state index contributed by atoms with van der Waals surface area (Å²) in [6.45, 7) is 9.24. The summed E-state index contributed by atoms with van der Waals surface area (Å²) in [5.74, 6) is 1.30. The zero-order chi connectivity index (χ0) is 18.4. The lowest BCUT2D eigenvalue weighted by Gasteiger charge is -2.12. The van der Waals surface area contributed by atoms with E-state index in [9.17, 15) is 4.79 Å². The fraction of sp³-hybridized carbons (Fsp3) is 0.333. The maximum absolute atomic E-state index is 12.6. The van der Waals surface area contributed by atoms with Crippen molar-refractivity contribution in [3.63, 3.8) is 0 Å². The number of aliphatic imine (C=N–C) groups is 1. The van der Waals surface area contributed by atoms with Gasteiger partial charge in [0.1, 0.15) is 6.61 Å². The summed E-state index contributed by atoms with van der Waals surface area (Å²) in [4.78, 5) is 19.3. The van der Waals surface area contributed by atoms with E-state index < -0.39 is 0 Å². The van der Waals surface area contributed by atoms with Crippen molar-refractivity contribution in [3.05, 3.63) is 38.8 Å². The molecule has 0 atom stereocenters. The summed E-state index contributed by atoms with van der Waals surface area (Å²) >= 11 is 3.61. The predicted molar refractivity (Wildman–Crippen MR) is 112 cm³/mol. The lowest BCUT2D eigenvalue weighted by molar-refractivity contribution is -0.122. The highest BCUT2D eigenvalue weighted by atomic mass is 127. The number of likely N-dealkylation sites (N-methyl/N-ethyl adjacent to an activating group) is 1. The molecule has 1 saturated heterocycles. The van der Waals surface area contributed by atoms with Gasteiger partial charge in [-0.25, -0.2) is 0 Å². The summed E-state index contributed by atoms with van der Waals surface area (Å²) in [5, 5.41) is 0.758. The van der Waals surface area contributed by atoms with Crippen molar-refractivity contribution in [2.75, 3.05) is 26.8 Å². The minimum Gasteiger partial charge on any atom is -0.493 e. The highest BCUT2D eigenvalue weighted by molar-refractivity contribution is 14.1. The molecule has 1 aromatic rings. The van der Waals surface area contributed by atoms with Gasteiger partial charge in [0.15, 0.2) is 16.7 Å². The molecule has 134 valence electrons. The van der Waals surface area contributed by atoms with Crippen LogP contribution in [0.1, 0.15) is 19.4 Å². The molecule has 1 aliphatic heterocycles. The molecule has 1 aliphatic rings. The molecule has 2 rings (SSSR count). The van der Waals surface area contributed by atoms with E-state index in [0.29, 0.717) is 36.1 Å². The van der Waals surface area contributed by atoms with E-state index in [0.717, 1.165) is 14.3 Å². The van der Waals surface area contributed by atoms with Crippen molar-refractivity contribution in [2.45, 2.75) is 13.8 Å². The third kappa shape index (κ3) is 4.58. The first kappa shape index (κ1) is 19.8. The molecule has 0 aliphatic carbocycles. The summed E-state index contributed by atoms with van der Waals surface area (Å²) in [6.07, 6.45) is 3.56. The zero-order valence-corrected chi connectivity index (χ0v) is 17.5. The van der Waals surface area contributed by atoms with Crippen LogP contribution >= 0.6 is 34.4 Å². The topological polar surface area (TPSA) is 51.1 Å². The Balaban J connectivity index is 2.37. The van der Waals surface area contributed by atoms with E-state index in [4.69, 9.17) is 9.47 Å². The average Bonchev–Trinajstić information content (AvgIpc) is 2.88. The Morgan fingerprint density at radius 3 is 2.76 bits per heavy atom. The third-order valence-electron chi connectivity index (χ3n) is 3.39. The first-order valence-corrected chi connectivity index (χ1v) is 9.82. The standard InChI is InChI=1S/C18H21IN2O3S/c1-5-8-24-16-13(19)9-12(10-14(16)23-4)11-15-17(22)21(7-3)18(25-15)20-6-2/h5,9-11H,1,6-8H2,2-4H3/b15-11-,20-18?. The van der Waals surface area contributed by atoms with E-state index in [1.807, 2.05) is 32.1 Å². The molecule has 0 N–H and O–H groups in total. The number of amides is 1. The number of hydrogen-bond donors (Lipinski definition) is 0. The second kappa shape index (κ2) is 9.28. The molecule has 0 aromatic heterocycles. The third-order valence-corrected chi connectivity index (χ3v) is 5.24. The van der Waals surface area contributed by atoms with E-state index in [-0.39, 0.29) is 5.91 Å². The predicted octanol–water partition coefficient (Wildman–Crippen LogP) is 4.18. The van der Waals surface area contributed by atoms with Crippen LogP contribution in [-0.4, -0.2) is 42.8 Å². The van der Waals surface area contributed by atoms with Gasteiger partial charge >= 0.3 is 0 Å². The highest BCUT2D eigenvalue weighted by Crippen LogP contribution is 2.37. The molecular formula is C18H21IN2O3S. The first-order chi connectivity index (χ1) is 12.0. The van der Waals surface area contributed by atoms with Crippen molar-refractivity contribution in [1.29, 1.82) is 0 Å². The zero-order valence-electron chi connectivity index (χ0n) is 14.5. The molecule has 1 aromatic carbocycles. The minimum atomic E-state index is -0.0133. The van der Waals surface area contributed by atoms with Gasteiger partial charge in [-0.2, -0.15) is 0 Å². The van der Waals surface area contributed by atoms with Crippen molar-refractivity contribution >= 4 is 51.5 Å². The number of ether oxygens (including phenoxy) is 2. The fourth-order valence-corrected chi connectivity index (χ4v) is 4.18. The molecule has 25 heavy (non-hydrogen) atoms. The van der Waals surface area contributed by atoms with Crippen LogP contribution in [0, 0.1) is 3.57 Å². The smallest absolute Gasteiger partial charge is 0.266 e. The SMILES string of the molecule is C=CCOc1c(I)cc(/C=C2\SC(=NCC)N(CC)C2=O)cc1OC. The van der Waals surface area contributed by atoms with Gasteiger partial charge in [0, 0.05) is 13.1 Å². The van der Waals surface area contributed by atoms with Crippen molar-refractivity contribution < 1.29 is 14.3 Å². The van der Waals surface area contributed by atoms with Crippen molar-refractivity contribution in [3.8, 4) is 11.5 Å². The van der Waals surface area contributed by atoms with Crippen molar-refractivity contribution in [2.24, 2.45) is 4.99 Å². The molecule has 7 heteroatoms. The van der Waals surface area contributed by atoms with Gasteiger partial charge in [0.25, 0.3) is 5.91 Å². The number of carbonyl (C=O) groups excluding carboxylic acids is 1. The van der Waals surface area contributed by atoms with Crippen LogP contribution in [0.3, 0.4) is 0 Å². The largest absolute Gasteiger partial charge is 0.493 e. The van der Waals surface area contributed by atoms with Crippen LogP contribution in [0.4, 0.5) is 0 Å². The Bertz CT molecular complexity index is 731. The number of hydrogen-bond acceptors (Lipinski definition) is 5. The van der Waals surface area contributed by atoms with Gasteiger partial charge in [-0.05, 0) is 72.0 Å². The molecule has 0 radical (unpaired) electrons. The molecule has 0 bridgehead atoms. The maximum Gasteiger partial charge on any atom is 0.266 e. The van der Waals surface area contributed by atoms with Crippen molar-refractivity contribution in [1.82, 2.24) is 4.90 Å². The first-order valence-electron chi connectivity index (χ1n) is 7.92. The number of halogens is 1. The number of thioether (sulfide) groups is 1. The second-order valence-corrected chi connectivity index (χ2v) is 7.22. The highest BCUT2D eigenvalue weighted by Gasteiger charge is 2.31. The number of carbonyl (C=O) groups is 1. The lowest BCUT2D eigenvalue weighted by Crippen LogP contribution is -2.28. The maximum atomic E-state index is 12.6. The van der Waals surface area contributed by atoms with Gasteiger partial charge in [-0.1, -0.05) is 12.7 Å². The Morgan fingerprint density at radius 2 is 2.16 bits per heavy atom. The fourth-order valence-electron chi connectivity index (χ4n) is 2.30. The molecule has 1 heterocycles. The normalized spacial score (nSPS) is 17.4. The van der Waals surface area contributed by atoms with Crippen LogP contribution in [0.2, 0.25) is 0 Å². The van der Waals surface area contributed by atoms with Gasteiger partial charge in [0.2, 0.25) is 0 Å². The van der Waals surface area contributed by atoms with Crippen LogP contribution in [0.15, 0.2) is 34.7 Å². The molecule has 0 unspecified atom stereocenters. The van der Waals surface area contributed by atoms with Crippen LogP contribution in [-0.2, 0) is 4.79 Å². The quantitative estimate of drug-likeness (QED) is 0.340. The van der Waals surface area contributed by atoms with E-state index in [1.54, 1.807) is 18.1 Å². The summed E-state index contributed by atoms with van der Waals surface area (Å²) < 4.78 is 12.0. The molecule has 5 nitrogen and oxygen atoms in total. The Kier molecular flexibility index (Phi) is 7.37. The number of methoxy groups -OCH3 is 1. The molecule has 1 fully saturated rings. The number of amidine groups is 1. The molecule has 0 spiro atoms. The molecule has 1 amide bonds. The van der Waals surface area contributed by atoms with Crippen LogP contribution < -0.4 is 9.47 Å².